The lowest BCUT2D eigenvalue weighted by molar-refractivity contribution is 0.503. The van der Waals surface area contributed by atoms with Crippen molar-refractivity contribution < 1.29 is 0 Å². The standard InChI is InChI=1S/C11H18N6/c1-3-12-10(11-7-13-16-15-11)5-4-9-6-14-17(2)8-9/h6-8,10,12H,3-5H2,1-2H3,(H,13,15,16). The topological polar surface area (TPSA) is 71.4 Å². The lowest BCUT2D eigenvalue weighted by atomic mass is 10.1. The van der Waals surface area contributed by atoms with Crippen molar-refractivity contribution in [3.63, 3.8) is 0 Å². The highest BCUT2D eigenvalue weighted by atomic mass is 15.3. The molecule has 6 heteroatoms. The van der Waals surface area contributed by atoms with Crippen LogP contribution in [0.15, 0.2) is 18.6 Å². The number of hydrogen-bond donors (Lipinski definition) is 2. The van der Waals surface area contributed by atoms with Crippen LogP contribution in [0.4, 0.5) is 0 Å². The van der Waals surface area contributed by atoms with Crippen molar-refractivity contribution in [1.29, 1.82) is 0 Å². The molecule has 0 radical (unpaired) electrons. The molecule has 0 aliphatic heterocycles. The molecule has 0 bridgehead atoms. The second kappa shape index (κ2) is 5.58. The Labute approximate surface area is 100 Å². The first-order valence-electron chi connectivity index (χ1n) is 5.86. The normalized spacial score (nSPS) is 12.8. The molecular formula is C11H18N6. The van der Waals surface area contributed by atoms with Crippen LogP contribution >= 0.6 is 0 Å². The van der Waals surface area contributed by atoms with E-state index in [1.54, 1.807) is 6.20 Å². The van der Waals surface area contributed by atoms with E-state index in [2.05, 4.69) is 32.7 Å². The molecular weight excluding hydrogens is 216 g/mol. The van der Waals surface area contributed by atoms with Crippen LogP contribution in [0, 0.1) is 0 Å². The maximum atomic E-state index is 4.17. The summed E-state index contributed by atoms with van der Waals surface area (Å²) in [5.41, 5.74) is 2.22. The highest BCUT2D eigenvalue weighted by Gasteiger charge is 2.13. The molecule has 2 aromatic heterocycles. The predicted octanol–water partition coefficient (Wildman–Crippen LogP) is 0.822. The molecule has 1 atom stereocenters. The highest BCUT2D eigenvalue weighted by molar-refractivity contribution is 5.06. The summed E-state index contributed by atoms with van der Waals surface area (Å²) in [4.78, 5) is 0. The lowest BCUT2D eigenvalue weighted by Gasteiger charge is -2.14. The average molecular weight is 234 g/mol. The average Bonchev–Trinajstić information content (AvgIpc) is 2.95. The zero-order valence-electron chi connectivity index (χ0n) is 10.2. The summed E-state index contributed by atoms with van der Waals surface area (Å²) in [5, 5.41) is 18.2. The molecule has 2 heterocycles. The molecule has 0 aliphatic carbocycles. The van der Waals surface area contributed by atoms with Gasteiger partial charge in [-0.15, -0.1) is 0 Å². The van der Waals surface area contributed by atoms with Gasteiger partial charge in [-0.3, -0.25) is 4.68 Å². The second-order valence-electron chi connectivity index (χ2n) is 4.07. The number of aromatic amines is 1. The molecule has 0 saturated heterocycles. The van der Waals surface area contributed by atoms with Crippen LogP contribution in [-0.2, 0) is 13.5 Å². The van der Waals surface area contributed by atoms with Gasteiger partial charge in [0.2, 0.25) is 0 Å². The summed E-state index contributed by atoms with van der Waals surface area (Å²) in [6.45, 7) is 3.02. The van der Waals surface area contributed by atoms with Crippen LogP contribution in [0.5, 0.6) is 0 Å². The number of rotatable bonds is 6. The molecule has 0 fully saturated rings. The molecule has 2 rings (SSSR count). The Morgan fingerprint density at radius 3 is 2.94 bits per heavy atom. The molecule has 6 nitrogen and oxygen atoms in total. The fourth-order valence-electron chi connectivity index (χ4n) is 1.89. The van der Waals surface area contributed by atoms with Gasteiger partial charge < -0.3 is 5.32 Å². The number of aromatic nitrogens is 5. The summed E-state index contributed by atoms with van der Waals surface area (Å²) < 4.78 is 1.83. The first-order valence-corrected chi connectivity index (χ1v) is 5.86. The van der Waals surface area contributed by atoms with Gasteiger partial charge in [-0.05, 0) is 24.9 Å². The van der Waals surface area contributed by atoms with Crippen LogP contribution in [-0.4, -0.2) is 31.7 Å². The Morgan fingerprint density at radius 1 is 1.47 bits per heavy atom. The first kappa shape index (κ1) is 11.8. The molecule has 92 valence electrons. The van der Waals surface area contributed by atoms with Gasteiger partial charge in [-0.2, -0.15) is 20.5 Å². The van der Waals surface area contributed by atoms with Crippen LogP contribution < -0.4 is 5.32 Å². The van der Waals surface area contributed by atoms with Gasteiger partial charge in [0, 0.05) is 13.2 Å². The maximum Gasteiger partial charge on any atom is 0.0993 e. The van der Waals surface area contributed by atoms with Crippen molar-refractivity contribution in [3.8, 4) is 0 Å². The van der Waals surface area contributed by atoms with E-state index in [0.717, 1.165) is 25.1 Å². The molecule has 1 unspecified atom stereocenters. The van der Waals surface area contributed by atoms with Gasteiger partial charge in [0.1, 0.15) is 0 Å². The molecule has 0 amide bonds. The third-order valence-corrected chi connectivity index (χ3v) is 2.72. The first-order chi connectivity index (χ1) is 8.29. The summed E-state index contributed by atoms with van der Waals surface area (Å²) in [5.74, 6) is 0. The van der Waals surface area contributed by atoms with Gasteiger partial charge in [-0.25, -0.2) is 0 Å². The fourth-order valence-corrected chi connectivity index (χ4v) is 1.89. The van der Waals surface area contributed by atoms with E-state index in [-0.39, 0.29) is 6.04 Å². The molecule has 0 aromatic carbocycles. The third kappa shape index (κ3) is 3.13. The minimum Gasteiger partial charge on any atom is -0.309 e. The van der Waals surface area contributed by atoms with Gasteiger partial charge in [-0.1, -0.05) is 6.92 Å². The maximum absolute atomic E-state index is 4.17. The van der Waals surface area contributed by atoms with Gasteiger partial charge in [0.05, 0.1) is 24.1 Å². The van der Waals surface area contributed by atoms with E-state index >= 15 is 0 Å². The number of hydrogen-bond acceptors (Lipinski definition) is 4. The van der Waals surface area contributed by atoms with E-state index in [4.69, 9.17) is 0 Å². The van der Waals surface area contributed by atoms with Crippen molar-refractivity contribution in [1.82, 2.24) is 30.5 Å². The zero-order chi connectivity index (χ0) is 12.1. The number of aryl methyl sites for hydroxylation is 2. The molecule has 0 spiro atoms. The zero-order valence-corrected chi connectivity index (χ0v) is 10.2. The molecule has 2 N–H and O–H groups in total. The summed E-state index contributed by atoms with van der Waals surface area (Å²) in [6, 6.07) is 0.249. The van der Waals surface area contributed by atoms with Crippen LogP contribution in [0.1, 0.15) is 30.6 Å². The van der Waals surface area contributed by atoms with Crippen LogP contribution in [0.25, 0.3) is 0 Å². The quantitative estimate of drug-likeness (QED) is 0.776. The van der Waals surface area contributed by atoms with Crippen molar-refractivity contribution in [2.45, 2.75) is 25.8 Å². The SMILES string of the molecule is CCNC(CCc1cnn(C)c1)c1cn[nH]n1. The van der Waals surface area contributed by atoms with E-state index in [1.165, 1.54) is 5.56 Å². The van der Waals surface area contributed by atoms with E-state index in [0.29, 0.717) is 0 Å². The van der Waals surface area contributed by atoms with Crippen molar-refractivity contribution in [2.75, 3.05) is 6.54 Å². The summed E-state index contributed by atoms with van der Waals surface area (Å²) >= 11 is 0. The number of nitrogens with zero attached hydrogens (tertiary/aromatic N) is 4. The number of H-pyrrole nitrogens is 1. The third-order valence-electron chi connectivity index (χ3n) is 2.72. The largest absolute Gasteiger partial charge is 0.309 e. The fraction of sp³-hybridized carbons (Fsp3) is 0.545. The van der Waals surface area contributed by atoms with Crippen molar-refractivity contribution >= 4 is 0 Å². The molecule has 17 heavy (non-hydrogen) atoms. The Bertz CT molecular complexity index is 433. The summed E-state index contributed by atoms with van der Waals surface area (Å²) in [7, 11) is 1.93. The Morgan fingerprint density at radius 2 is 2.35 bits per heavy atom. The monoisotopic (exact) mass is 234 g/mol. The molecule has 2 aromatic rings. The molecule has 0 aliphatic rings. The van der Waals surface area contributed by atoms with Gasteiger partial charge >= 0.3 is 0 Å². The Balaban J connectivity index is 1.94. The number of nitrogens with one attached hydrogen (secondary N) is 2. The van der Waals surface area contributed by atoms with E-state index in [1.807, 2.05) is 24.1 Å². The van der Waals surface area contributed by atoms with Gasteiger partial charge in [0.15, 0.2) is 0 Å². The van der Waals surface area contributed by atoms with E-state index in [9.17, 15) is 0 Å². The summed E-state index contributed by atoms with van der Waals surface area (Å²) in [6.07, 6.45) is 7.71. The Kier molecular flexibility index (Phi) is 3.87. The smallest absolute Gasteiger partial charge is 0.0993 e. The Hall–Kier alpha value is -1.69. The predicted molar refractivity (Wildman–Crippen MR) is 64.3 cm³/mol. The lowest BCUT2D eigenvalue weighted by Crippen LogP contribution is -2.21. The minimum atomic E-state index is 0.249. The van der Waals surface area contributed by atoms with Crippen molar-refractivity contribution in [2.24, 2.45) is 7.05 Å². The van der Waals surface area contributed by atoms with Crippen LogP contribution in [0.3, 0.4) is 0 Å². The van der Waals surface area contributed by atoms with Crippen LogP contribution in [0.2, 0.25) is 0 Å². The highest BCUT2D eigenvalue weighted by Crippen LogP contribution is 2.15. The van der Waals surface area contributed by atoms with Gasteiger partial charge in [0.25, 0.3) is 0 Å². The second-order valence-corrected chi connectivity index (χ2v) is 4.07. The minimum absolute atomic E-state index is 0.249. The van der Waals surface area contributed by atoms with Crippen molar-refractivity contribution in [3.05, 3.63) is 29.8 Å². The molecule has 0 saturated carbocycles. The van der Waals surface area contributed by atoms with E-state index < -0.39 is 0 Å².